The predicted molar refractivity (Wildman–Crippen MR) is 40.1 cm³/mol. The van der Waals surface area contributed by atoms with Crippen LogP contribution in [0.15, 0.2) is 10.7 Å². The first-order valence-electron chi connectivity index (χ1n) is 3.39. The standard InChI is InChI=1S/C8H7N2O/c1-5-3-6(2)8-7(4-5)9-11-10-8/h3H,1-2H3. The van der Waals surface area contributed by atoms with E-state index >= 15 is 0 Å². The zero-order chi connectivity index (χ0) is 7.84. The number of rotatable bonds is 0. The summed E-state index contributed by atoms with van der Waals surface area (Å²) in [5, 5.41) is 7.44. The third kappa shape index (κ3) is 0.888. The van der Waals surface area contributed by atoms with Crippen LogP contribution < -0.4 is 0 Å². The number of hydrogen-bond donors (Lipinski definition) is 0. The Bertz CT molecular complexity index is 392. The topological polar surface area (TPSA) is 38.9 Å². The summed E-state index contributed by atoms with van der Waals surface area (Å²) >= 11 is 0. The molecule has 1 heterocycles. The molecule has 55 valence electrons. The lowest BCUT2D eigenvalue weighted by Gasteiger charge is -1.92. The van der Waals surface area contributed by atoms with E-state index in [1.54, 1.807) is 0 Å². The second-order valence-electron chi connectivity index (χ2n) is 2.60. The summed E-state index contributed by atoms with van der Waals surface area (Å²) in [6.07, 6.45) is 0. The van der Waals surface area contributed by atoms with E-state index in [9.17, 15) is 0 Å². The summed E-state index contributed by atoms with van der Waals surface area (Å²) in [7, 11) is 0. The Kier molecular flexibility index (Phi) is 1.18. The average Bonchev–Trinajstić information content (AvgIpc) is 2.34. The van der Waals surface area contributed by atoms with E-state index < -0.39 is 0 Å². The van der Waals surface area contributed by atoms with Crippen LogP contribution in [0.2, 0.25) is 0 Å². The molecule has 0 unspecified atom stereocenters. The van der Waals surface area contributed by atoms with Crippen molar-refractivity contribution in [3.8, 4) is 0 Å². The number of fused-ring (bicyclic) bond motifs is 1. The molecule has 3 nitrogen and oxygen atoms in total. The molecule has 0 saturated heterocycles. The molecule has 0 amide bonds. The quantitative estimate of drug-likeness (QED) is 0.568. The maximum atomic E-state index is 4.57. The highest BCUT2D eigenvalue weighted by Gasteiger charge is 2.03. The fourth-order valence-electron chi connectivity index (χ4n) is 1.15. The van der Waals surface area contributed by atoms with Gasteiger partial charge in [0.25, 0.3) is 0 Å². The lowest BCUT2D eigenvalue weighted by atomic mass is 10.1. The lowest BCUT2D eigenvalue weighted by molar-refractivity contribution is 0.315. The molecule has 1 aromatic carbocycles. The Morgan fingerprint density at radius 2 is 2.18 bits per heavy atom. The van der Waals surface area contributed by atoms with Gasteiger partial charge in [-0.15, -0.1) is 0 Å². The Morgan fingerprint density at radius 1 is 1.36 bits per heavy atom. The molecule has 1 radical (unpaired) electrons. The van der Waals surface area contributed by atoms with Gasteiger partial charge in [-0.2, -0.15) is 0 Å². The molecule has 0 atom stereocenters. The summed E-state index contributed by atoms with van der Waals surface area (Å²) in [4.78, 5) is 0. The van der Waals surface area contributed by atoms with Gasteiger partial charge in [-0.05, 0) is 35.3 Å². The molecule has 0 aliphatic heterocycles. The zero-order valence-electron chi connectivity index (χ0n) is 6.38. The van der Waals surface area contributed by atoms with Crippen LogP contribution in [0.25, 0.3) is 11.0 Å². The molecule has 1 aromatic heterocycles. The van der Waals surface area contributed by atoms with Crippen LogP contribution in [-0.4, -0.2) is 10.3 Å². The summed E-state index contributed by atoms with van der Waals surface area (Å²) in [5.41, 5.74) is 3.65. The average molecular weight is 147 g/mol. The largest absolute Gasteiger partial charge is 0.243 e. The number of aromatic nitrogens is 2. The first-order chi connectivity index (χ1) is 5.27. The van der Waals surface area contributed by atoms with Gasteiger partial charge in [-0.1, -0.05) is 6.07 Å². The van der Waals surface area contributed by atoms with E-state index in [1.165, 1.54) is 0 Å². The Hall–Kier alpha value is -1.38. The van der Waals surface area contributed by atoms with Crippen molar-refractivity contribution in [1.29, 1.82) is 0 Å². The van der Waals surface area contributed by atoms with Crippen molar-refractivity contribution in [1.82, 2.24) is 10.3 Å². The molecule has 0 bridgehead atoms. The van der Waals surface area contributed by atoms with E-state index in [4.69, 9.17) is 0 Å². The highest BCUT2D eigenvalue weighted by atomic mass is 16.6. The van der Waals surface area contributed by atoms with E-state index in [-0.39, 0.29) is 0 Å². The molecule has 0 spiro atoms. The minimum Gasteiger partial charge on any atom is -0.243 e. The summed E-state index contributed by atoms with van der Waals surface area (Å²) in [6, 6.07) is 5.05. The van der Waals surface area contributed by atoms with Crippen molar-refractivity contribution in [2.24, 2.45) is 0 Å². The molecular formula is C8H7N2O. The monoisotopic (exact) mass is 147 g/mol. The van der Waals surface area contributed by atoms with Gasteiger partial charge < -0.3 is 0 Å². The van der Waals surface area contributed by atoms with Gasteiger partial charge in [0.05, 0.1) is 0 Å². The van der Waals surface area contributed by atoms with Crippen molar-refractivity contribution in [2.45, 2.75) is 13.8 Å². The van der Waals surface area contributed by atoms with Gasteiger partial charge in [0.15, 0.2) is 0 Å². The van der Waals surface area contributed by atoms with Crippen molar-refractivity contribution in [3.05, 3.63) is 23.3 Å². The van der Waals surface area contributed by atoms with Gasteiger partial charge in [0, 0.05) is 6.07 Å². The number of benzene rings is 1. The van der Waals surface area contributed by atoms with E-state index in [1.807, 2.05) is 19.9 Å². The van der Waals surface area contributed by atoms with Crippen molar-refractivity contribution in [3.63, 3.8) is 0 Å². The summed E-state index contributed by atoms with van der Waals surface area (Å²) in [5.74, 6) is 0. The minimum absolute atomic E-state index is 0.711. The molecular weight excluding hydrogens is 140 g/mol. The van der Waals surface area contributed by atoms with E-state index in [2.05, 4.69) is 21.0 Å². The summed E-state index contributed by atoms with van der Waals surface area (Å²) in [6.45, 7) is 3.95. The van der Waals surface area contributed by atoms with Crippen LogP contribution in [0.3, 0.4) is 0 Å². The number of hydrogen-bond acceptors (Lipinski definition) is 3. The molecule has 3 heteroatoms. The van der Waals surface area contributed by atoms with Crippen molar-refractivity contribution >= 4 is 11.0 Å². The Labute approximate surface area is 64.0 Å². The van der Waals surface area contributed by atoms with Crippen LogP contribution in [0.1, 0.15) is 11.1 Å². The first kappa shape index (κ1) is 6.34. The molecule has 0 aliphatic carbocycles. The molecule has 11 heavy (non-hydrogen) atoms. The van der Waals surface area contributed by atoms with Gasteiger partial charge in [-0.25, -0.2) is 4.63 Å². The van der Waals surface area contributed by atoms with Crippen LogP contribution >= 0.6 is 0 Å². The smallest absolute Gasteiger partial charge is 0.143 e. The molecule has 2 aromatic rings. The SMILES string of the molecule is Cc1[c]c2nonc2c(C)c1. The summed E-state index contributed by atoms with van der Waals surface area (Å²) < 4.78 is 4.57. The second kappa shape index (κ2) is 2.05. The second-order valence-corrected chi connectivity index (χ2v) is 2.60. The molecule has 2 rings (SSSR count). The third-order valence-corrected chi connectivity index (χ3v) is 1.61. The third-order valence-electron chi connectivity index (χ3n) is 1.61. The molecule has 0 N–H and O–H groups in total. The Morgan fingerprint density at radius 3 is 3.00 bits per heavy atom. The molecule has 0 aliphatic rings. The van der Waals surface area contributed by atoms with Gasteiger partial charge in [0.2, 0.25) is 0 Å². The van der Waals surface area contributed by atoms with E-state index in [0.29, 0.717) is 5.52 Å². The van der Waals surface area contributed by atoms with Crippen LogP contribution in [-0.2, 0) is 0 Å². The zero-order valence-corrected chi connectivity index (χ0v) is 6.38. The van der Waals surface area contributed by atoms with E-state index in [0.717, 1.165) is 16.6 Å². The highest BCUT2D eigenvalue weighted by Crippen LogP contribution is 2.14. The van der Waals surface area contributed by atoms with Crippen LogP contribution in [0, 0.1) is 19.9 Å². The maximum absolute atomic E-state index is 4.57. The Balaban J connectivity index is 2.91. The van der Waals surface area contributed by atoms with Crippen LogP contribution in [0.4, 0.5) is 0 Å². The van der Waals surface area contributed by atoms with Gasteiger partial charge in [-0.3, -0.25) is 0 Å². The first-order valence-corrected chi connectivity index (χ1v) is 3.39. The molecule has 0 saturated carbocycles. The fraction of sp³-hybridized carbons (Fsp3) is 0.250. The van der Waals surface area contributed by atoms with Crippen LogP contribution in [0.5, 0.6) is 0 Å². The van der Waals surface area contributed by atoms with Crippen molar-refractivity contribution < 1.29 is 4.63 Å². The maximum Gasteiger partial charge on any atom is 0.143 e. The van der Waals surface area contributed by atoms with Gasteiger partial charge in [0.1, 0.15) is 11.0 Å². The minimum atomic E-state index is 0.711. The predicted octanol–water partition coefficient (Wildman–Crippen LogP) is 1.64. The fourth-order valence-corrected chi connectivity index (χ4v) is 1.15. The van der Waals surface area contributed by atoms with Gasteiger partial charge >= 0.3 is 0 Å². The van der Waals surface area contributed by atoms with Crippen molar-refractivity contribution in [2.75, 3.05) is 0 Å². The normalized spacial score (nSPS) is 10.7. The highest BCUT2D eigenvalue weighted by molar-refractivity contribution is 5.76. The number of aryl methyl sites for hydroxylation is 2. The number of nitrogens with zero attached hydrogens (tertiary/aromatic N) is 2. The lowest BCUT2D eigenvalue weighted by Crippen LogP contribution is -1.79. The molecule has 0 fully saturated rings.